The summed E-state index contributed by atoms with van der Waals surface area (Å²) in [6.45, 7) is 0. The fourth-order valence-corrected chi connectivity index (χ4v) is 2.65. The molecule has 0 saturated carbocycles. The van der Waals surface area contributed by atoms with Crippen LogP contribution >= 0.6 is 11.8 Å². The average molecular weight is 214 g/mol. The second-order valence-corrected chi connectivity index (χ2v) is 4.39. The third-order valence-corrected chi connectivity index (χ3v) is 3.44. The van der Waals surface area contributed by atoms with E-state index in [-0.39, 0.29) is 10.9 Å². The molecule has 0 bridgehead atoms. The first-order valence-corrected chi connectivity index (χ1v) is 5.37. The Balaban J connectivity index is 2.45. The lowest BCUT2D eigenvalue weighted by molar-refractivity contribution is -0.107. The number of carbonyl (C=O) groups excluding carboxylic acids is 2. The predicted octanol–water partition coefficient (Wildman–Crippen LogP) is 2.65. The summed E-state index contributed by atoms with van der Waals surface area (Å²) < 4.78 is 0. The molecule has 2 nitrogen and oxygen atoms in total. The summed E-state index contributed by atoms with van der Waals surface area (Å²) in [5.41, 5.74) is 0.572. The summed E-state index contributed by atoms with van der Waals surface area (Å²) in [5, 5.41) is 1.50. The van der Waals surface area contributed by atoms with Crippen molar-refractivity contribution in [2.24, 2.45) is 0 Å². The Morgan fingerprint density at radius 2 is 1.73 bits per heavy atom. The number of hydrogen-bond donors (Lipinski definition) is 0. The first-order valence-electron chi connectivity index (χ1n) is 4.55. The smallest absolute Gasteiger partial charge is 0.264 e. The fraction of sp³-hybridized carbons (Fsp3) is 0. The molecular formula is C12H6O2S. The Labute approximate surface area is 90.3 Å². The van der Waals surface area contributed by atoms with Crippen LogP contribution in [-0.4, -0.2) is 10.9 Å². The summed E-state index contributed by atoms with van der Waals surface area (Å²) >= 11 is 1.03. The normalized spacial score (nSPS) is 14.7. The van der Waals surface area contributed by atoms with Crippen LogP contribution in [0.2, 0.25) is 0 Å². The molecule has 1 heterocycles. The van der Waals surface area contributed by atoms with E-state index >= 15 is 0 Å². The van der Waals surface area contributed by atoms with E-state index in [9.17, 15) is 9.59 Å². The van der Waals surface area contributed by atoms with E-state index in [0.717, 1.165) is 27.4 Å². The molecule has 0 aliphatic carbocycles. The van der Waals surface area contributed by atoms with Gasteiger partial charge in [-0.15, -0.1) is 0 Å². The lowest BCUT2D eigenvalue weighted by atomic mass is 10.0. The number of hydrogen-bond acceptors (Lipinski definition) is 3. The van der Waals surface area contributed by atoms with Gasteiger partial charge in [-0.1, -0.05) is 30.3 Å². The lowest BCUT2D eigenvalue weighted by Crippen LogP contribution is -2.02. The van der Waals surface area contributed by atoms with E-state index in [4.69, 9.17) is 0 Å². The van der Waals surface area contributed by atoms with Crippen LogP contribution < -0.4 is 0 Å². The van der Waals surface area contributed by atoms with Crippen molar-refractivity contribution < 1.29 is 9.59 Å². The van der Waals surface area contributed by atoms with Crippen LogP contribution in [-0.2, 0) is 4.79 Å². The predicted molar refractivity (Wildman–Crippen MR) is 59.1 cm³/mol. The highest BCUT2D eigenvalue weighted by molar-refractivity contribution is 8.16. The highest BCUT2D eigenvalue weighted by atomic mass is 32.2. The van der Waals surface area contributed by atoms with Gasteiger partial charge in [-0.25, -0.2) is 0 Å². The highest BCUT2D eigenvalue weighted by Crippen LogP contribution is 2.36. The minimum Gasteiger partial charge on any atom is -0.284 e. The fourth-order valence-electron chi connectivity index (χ4n) is 1.82. The van der Waals surface area contributed by atoms with Crippen LogP contribution in [0.3, 0.4) is 0 Å². The van der Waals surface area contributed by atoms with Gasteiger partial charge in [0.2, 0.25) is 5.78 Å². The number of rotatable bonds is 0. The number of thioether (sulfide) groups is 1. The summed E-state index contributed by atoms with van der Waals surface area (Å²) in [4.78, 5) is 23.7. The number of ketones is 1. The minimum atomic E-state index is -0.374. The molecule has 0 atom stereocenters. The Morgan fingerprint density at radius 1 is 0.933 bits per heavy atom. The van der Waals surface area contributed by atoms with Crippen molar-refractivity contribution in [1.82, 2.24) is 0 Å². The van der Waals surface area contributed by atoms with Gasteiger partial charge in [0, 0.05) is 10.5 Å². The van der Waals surface area contributed by atoms with Gasteiger partial charge < -0.3 is 0 Å². The molecule has 0 saturated heterocycles. The van der Waals surface area contributed by atoms with E-state index in [1.54, 1.807) is 0 Å². The Bertz CT molecular complexity index is 602. The minimum absolute atomic E-state index is 0.369. The molecule has 0 radical (unpaired) electrons. The van der Waals surface area contributed by atoms with Gasteiger partial charge in [0.25, 0.3) is 5.12 Å². The summed E-state index contributed by atoms with van der Waals surface area (Å²) in [6.07, 6.45) is 0. The third-order valence-electron chi connectivity index (χ3n) is 2.51. The van der Waals surface area contributed by atoms with Gasteiger partial charge in [0.1, 0.15) is 0 Å². The molecular weight excluding hydrogens is 208 g/mol. The maximum atomic E-state index is 11.6. The molecule has 1 aliphatic rings. The maximum Gasteiger partial charge on any atom is 0.264 e. The lowest BCUT2D eigenvalue weighted by Gasteiger charge is -2.01. The van der Waals surface area contributed by atoms with Crippen LogP contribution in [0.25, 0.3) is 10.8 Å². The van der Waals surface area contributed by atoms with Crippen molar-refractivity contribution >= 4 is 33.4 Å². The number of fused-ring (bicyclic) bond motifs is 3. The second-order valence-electron chi connectivity index (χ2n) is 3.38. The quantitative estimate of drug-likeness (QED) is 0.632. The molecule has 0 amide bonds. The summed E-state index contributed by atoms with van der Waals surface area (Å²) in [5.74, 6) is -0.369. The summed E-state index contributed by atoms with van der Waals surface area (Å²) in [7, 11) is 0. The molecule has 0 unspecified atom stereocenters. The van der Waals surface area contributed by atoms with Crippen LogP contribution in [0.5, 0.6) is 0 Å². The van der Waals surface area contributed by atoms with Crippen LogP contribution in [0.15, 0.2) is 41.3 Å². The monoisotopic (exact) mass is 214 g/mol. The van der Waals surface area contributed by atoms with Crippen molar-refractivity contribution in [2.75, 3.05) is 0 Å². The molecule has 0 spiro atoms. The molecule has 15 heavy (non-hydrogen) atoms. The molecule has 72 valence electrons. The Morgan fingerprint density at radius 3 is 2.60 bits per heavy atom. The highest BCUT2D eigenvalue weighted by Gasteiger charge is 2.30. The van der Waals surface area contributed by atoms with Gasteiger partial charge in [-0.2, -0.15) is 0 Å². The van der Waals surface area contributed by atoms with E-state index < -0.39 is 0 Å². The van der Waals surface area contributed by atoms with E-state index in [0.29, 0.717) is 5.56 Å². The molecule has 2 aromatic carbocycles. The van der Waals surface area contributed by atoms with E-state index in [1.165, 1.54) is 0 Å². The van der Waals surface area contributed by atoms with Gasteiger partial charge in [-0.3, -0.25) is 9.59 Å². The van der Waals surface area contributed by atoms with Gasteiger partial charge in [0.05, 0.1) is 0 Å². The largest absolute Gasteiger partial charge is 0.284 e. The number of Topliss-reactive ketones (excluding diaryl/α,β-unsaturated/α-hetero) is 1. The summed E-state index contributed by atoms with van der Waals surface area (Å²) in [6, 6.07) is 11.4. The zero-order chi connectivity index (χ0) is 10.4. The van der Waals surface area contributed by atoms with Gasteiger partial charge in [0.15, 0.2) is 0 Å². The molecule has 1 aliphatic heterocycles. The van der Waals surface area contributed by atoms with Crippen molar-refractivity contribution in [2.45, 2.75) is 4.90 Å². The van der Waals surface area contributed by atoms with Crippen LogP contribution in [0.1, 0.15) is 10.4 Å². The topological polar surface area (TPSA) is 34.1 Å². The Hall–Kier alpha value is -1.61. The van der Waals surface area contributed by atoms with Gasteiger partial charge in [-0.05, 0) is 28.6 Å². The number of carbonyl (C=O) groups is 2. The average Bonchev–Trinajstić information content (AvgIpc) is 2.55. The van der Waals surface area contributed by atoms with Crippen LogP contribution in [0.4, 0.5) is 0 Å². The molecule has 2 aromatic rings. The SMILES string of the molecule is O=C1Sc2ccc3ccccc3c2C1=O. The molecule has 0 fully saturated rings. The van der Waals surface area contributed by atoms with Crippen molar-refractivity contribution in [3.05, 3.63) is 42.0 Å². The van der Waals surface area contributed by atoms with Crippen LogP contribution in [0, 0.1) is 0 Å². The molecule has 3 rings (SSSR count). The molecule has 3 heteroatoms. The zero-order valence-corrected chi connectivity index (χ0v) is 8.51. The Kier molecular flexibility index (Phi) is 1.70. The number of benzene rings is 2. The van der Waals surface area contributed by atoms with E-state index in [1.807, 2.05) is 36.4 Å². The third kappa shape index (κ3) is 1.13. The standard InChI is InChI=1S/C12H6O2S/c13-11-10-8-4-2-1-3-7(8)5-6-9(10)15-12(11)14/h1-6H. The maximum absolute atomic E-state index is 11.6. The first-order chi connectivity index (χ1) is 7.27. The first kappa shape index (κ1) is 8.68. The molecule has 0 aromatic heterocycles. The zero-order valence-electron chi connectivity index (χ0n) is 7.69. The van der Waals surface area contributed by atoms with Gasteiger partial charge >= 0.3 is 0 Å². The van der Waals surface area contributed by atoms with E-state index in [2.05, 4.69) is 0 Å². The van der Waals surface area contributed by atoms with Crippen molar-refractivity contribution in [3.8, 4) is 0 Å². The van der Waals surface area contributed by atoms with Crippen molar-refractivity contribution in [3.63, 3.8) is 0 Å². The second kappa shape index (κ2) is 2.94. The molecule has 0 N–H and O–H groups in total. The van der Waals surface area contributed by atoms with Crippen molar-refractivity contribution in [1.29, 1.82) is 0 Å².